The summed E-state index contributed by atoms with van der Waals surface area (Å²) in [6.45, 7) is 4.76. The summed E-state index contributed by atoms with van der Waals surface area (Å²) in [6, 6.07) is 7.68. The van der Waals surface area contributed by atoms with Crippen LogP contribution in [-0.4, -0.2) is 37.5 Å². The number of hydrogen-bond acceptors (Lipinski definition) is 6. The molecule has 0 fully saturated rings. The first-order valence-electron chi connectivity index (χ1n) is 9.16. The van der Waals surface area contributed by atoms with Crippen LogP contribution in [0.4, 0.5) is 0 Å². The van der Waals surface area contributed by atoms with Crippen molar-refractivity contribution in [3.63, 3.8) is 0 Å². The van der Waals surface area contributed by atoms with Crippen molar-refractivity contribution in [1.29, 1.82) is 0 Å². The van der Waals surface area contributed by atoms with E-state index < -0.39 is 11.8 Å². The summed E-state index contributed by atoms with van der Waals surface area (Å²) in [5.74, 6) is -0.562. The first-order chi connectivity index (χ1) is 15.3. The minimum absolute atomic E-state index is 0.495. The van der Waals surface area contributed by atoms with Gasteiger partial charge in [-0.1, -0.05) is 0 Å². The van der Waals surface area contributed by atoms with Crippen molar-refractivity contribution >= 4 is 115 Å². The van der Waals surface area contributed by atoms with E-state index in [0.717, 1.165) is 14.3 Å². The van der Waals surface area contributed by atoms with Gasteiger partial charge < -0.3 is 9.47 Å². The number of rotatable bonds is 8. The molecule has 12 heteroatoms. The zero-order chi connectivity index (χ0) is 23.7. The van der Waals surface area contributed by atoms with Crippen molar-refractivity contribution in [2.45, 2.75) is 13.8 Å². The third kappa shape index (κ3) is 8.23. The quantitative estimate of drug-likeness (QED) is 0.177. The molecule has 0 atom stereocenters. The van der Waals surface area contributed by atoms with E-state index in [1.165, 1.54) is 12.4 Å². The molecule has 2 N–H and O–H groups in total. The second-order valence-electron chi connectivity index (χ2n) is 5.88. The van der Waals surface area contributed by atoms with Crippen molar-refractivity contribution in [2.75, 3.05) is 13.2 Å². The highest BCUT2D eigenvalue weighted by molar-refractivity contribution is 14.1. The number of benzene rings is 2. The van der Waals surface area contributed by atoms with Crippen LogP contribution in [0.2, 0.25) is 0 Å². The van der Waals surface area contributed by atoms with Crippen LogP contribution in [0, 0.1) is 14.3 Å². The Labute approximate surface area is 240 Å². The van der Waals surface area contributed by atoms with Gasteiger partial charge in [0.25, 0.3) is 0 Å². The van der Waals surface area contributed by atoms with Gasteiger partial charge in [-0.25, -0.2) is 10.9 Å². The minimum atomic E-state index is -0.945. The molecule has 170 valence electrons. The second-order valence-corrected chi connectivity index (χ2v) is 10.7. The number of ether oxygens (including phenoxy) is 2. The first kappa shape index (κ1) is 27.5. The molecule has 2 rings (SSSR count). The zero-order valence-corrected chi connectivity index (χ0v) is 25.5. The monoisotopic (exact) mass is 886 g/mol. The van der Waals surface area contributed by atoms with E-state index in [0.29, 0.717) is 35.8 Å². The maximum absolute atomic E-state index is 12.0. The van der Waals surface area contributed by atoms with Gasteiger partial charge in [0.15, 0.2) is 0 Å². The van der Waals surface area contributed by atoms with E-state index in [1.54, 1.807) is 0 Å². The number of nitrogens with one attached hydrogen (secondary N) is 2. The Hall–Kier alpha value is -0.760. The van der Waals surface area contributed by atoms with Crippen LogP contribution < -0.4 is 20.3 Å². The molecule has 0 aromatic heterocycles. The van der Waals surface area contributed by atoms with E-state index in [4.69, 9.17) is 9.47 Å². The number of nitrogens with zero attached hydrogens (tertiary/aromatic N) is 2. The number of hydrogen-bond donors (Lipinski definition) is 2. The Balaban J connectivity index is 2.03. The summed E-state index contributed by atoms with van der Waals surface area (Å²) in [6.07, 6.45) is 2.87. The second kappa shape index (κ2) is 13.8. The highest BCUT2D eigenvalue weighted by Crippen LogP contribution is 2.28. The topological polar surface area (TPSA) is 101 Å². The lowest BCUT2D eigenvalue weighted by Gasteiger charge is -2.10. The van der Waals surface area contributed by atoms with Crippen LogP contribution in [0.3, 0.4) is 0 Å². The molecule has 0 aliphatic carbocycles. The maximum Gasteiger partial charge on any atom is 0.331 e. The Kier molecular flexibility index (Phi) is 11.9. The number of halogens is 4. The SMILES string of the molecule is CCOc1c(I)cc(I)cc1C=NNC(=O)C(=O)NN=Cc1cc(I)cc(I)c1OCC. The van der Waals surface area contributed by atoms with Crippen LogP contribution >= 0.6 is 90.4 Å². The molecule has 2 aromatic carbocycles. The highest BCUT2D eigenvalue weighted by Gasteiger charge is 2.13. The van der Waals surface area contributed by atoms with E-state index >= 15 is 0 Å². The molecule has 0 radical (unpaired) electrons. The summed E-state index contributed by atoms with van der Waals surface area (Å²) in [7, 11) is 0. The third-order valence-electron chi connectivity index (χ3n) is 3.60. The van der Waals surface area contributed by atoms with Crippen LogP contribution in [-0.2, 0) is 9.59 Å². The minimum Gasteiger partial charge on any atom is -0.492 e. The molecule has 0 saturated carbocycles. The van der Waals surface area contributed by atoms with Crippen molar-refractivity contribution in [3.8, 4) is 11.5 Å². The van der Waals surface area contributed by atoms with Gasteiger partial charge in [0.05, 0.1) is 32.8 Å². The zero-order valence-electron chi connectivity index (χ0n) is 16.9. The van der Waals surface area contributed by atoms with E-state index in [9.17, 15) is 9.59 Å². The van der Waals surface area contributed by atoms with Crippen molar-refractivity contribution in [3.05, 3.63) is 49.7 Å². The van der Waals surface area contributed by atoms with Gasteiger partial charge in [0.2, 0.25) is 0 Å². The van der Waals surface area contributed by atoms with Gasteiger partial charge in [0, 0.05) is 18.3 Å². The van der Waals surface area contributed by atoms with Crippen LogP contribution in [0.1, 0.15) is 25.0 Å². The van der Waals surface area contributed by atoms with Crippen LogP contribution in [0.25, 0.3) is 0 Å². The fourth-order valence-corrected chi connectivity index (χ4v) is 6.46. The van der Waals surface area contributed by atoms with Gasteiger partial charge in [-0.2, -0.15) is 10.2 Å². The fourth-order valence-electron chi connectivity index (χ4n) is 2.37. The molecule has 0 bridgehead atoms. The lowest BCUT2D eigenvalue weighted by Crippen LogP contribution is -2.35. The molecule has 0 heterocycles. The smallest absolute Gasteiger partial charge is 0.331 e. The lowest BCUT2D eigenvalue weighted by atomic mass is 10.2. The van der Waals surface area contributed by atoms with Gasteiger partial charge in [-0.05, 0) is 128 Å². The standard InChI is InChI=1S/C20H18I4N4O4/c1-3-31-17-11(5-13(21)7-15(17)23)9-25-27-19(29)20(30)28-26-10-12-6-14(22)8-16(24)18(12)32-4-2/h5-10H,3-4H2,1-2H3,(H,27,29)(H,28,30). The van der Waals surface area contributed by atoms with E-state index in [2.05, 4.69) is 111 Å². The van der Waals surface area contributed by atoms with Crippen molar-refractivity contribution < 1.29 is 19.1 Å². The van der Waals surface area contributed by atoms with Gasteiger partial charge in [-0.3, -0.25) is 9.59 Å². The normalized spacial score (nSPS) is 11.1. The lowest BCUT2D eigenvalue weighted by molar-refractivity contribution is -0.139. The summed E-state index contributed by atoms with van der Waals surface area (Å²) in [4.78, 5) is 24.1. The average Bonchev–Trinajstić information content (AvgIpc) is 2.72. The molecule has 2 aromatic rings. The van der Waals surface area contributed by atoms with Crippen molar-refractivity contribution in [1.82, 2.24) is 10.9 Å². The van der Waals surface area contributed by atoms with E-state index in [-0.39, 0.29) is 0 Å². The molecular weight excluding hydrogens is 868 g/mol. The van der Waals surface area contributed by atoms with Crippen LogP contribution in [0.15, 0.2) is 34.5 Å². The van der Waals surface area contributed by atoms with Gasteiger partial charge >= 0.3 is 11.8 Å². The Bertz CT molecular complexity index is 977. The third-order valence-corrected chi connectivity index (χ3v) is 6.45. The molecular formula is C20H18I4N4O4. The molecule has 8 nitrogen and oxygen atoms in total. The summed E-state index contributed by atoms with van der Waals surface area (Å²) < 4.78 is 15.1. The summed E-state index contributed by atoms with van der Waals surface area (Å²) in [5, 5.41) is 7.74. The van der Waals surface area contributed by atoms with Crippen LogP contribution in [0.5, 0.6) is 11.5 Å². The molecule has 0 spiro atoms. The number of amides is 2. The Morgan fingerprint density at radius 2 is 1.16 bits per heavy atom. The number of hydrazone groups is 2. The Morgan fingerprint density at radius 3 is 1.50 bits per heavy atom. The molecule has 0 aliphatic rings. The van der Waals surface area contributed by atoms with Crippen molar-refractivity contribution in [2.24, 2.45) is 10.2 Å². The summed E-state index contributed by atoms with van der Waals surface area (Å²) in [5.41, 5.74) is 5.78. The molecule has 2 amide bonds. The number of carbonyl (C=O) groups excluding carboxylic acids is 2. The Morgan fingerprint density at radius 1 is 0.781 bits per heavy atom. The predicted molar refractivity (Wildman–Crippen MR) is 158 cm³/mol. The molecule has 32 heavy (non-hydrogen) atoms. The first-order valence-corrected chi connectivity index (χ1v) is 13.5. The average molecular weight is 886 g/mol. The maximum atomic E-state index is 12.0. The largest absolute Gasteiger partial charge is 0.492 e. The van der Waals surface area contributed by atoms with Gasteiger partial charge in [-0.15, -0.1) is 0 Å². The predicted octanol–water partition coefficient (Wildman–Crippen LogP) is 4.50. The summed E-state index contributed by atoms with van der Waals surface area (Å²) >= 11 is 8.71. The highest BCUT2D eigenvalue weighted by atomic mass is 127. The molecule has 0 unspecified atom stereocenters. The molecule has 0 saturated heterocycles. The molecule has 0 aliphatic heterocycles. The number of carbonyl (C=O) groups is 2. The van der Waals surface area contributed by atoms with Gasteiger partial charge in [0.1, 0.15) is 11.5 Å². The fraction of sp³-hybridized carbons (Fsp3) is 0.200. The van der Waals surface area contributed by atoms with E-state index in [1.807, 2.05) is 38.1 Å².